The molecule has 2 amide bonds. The van der Waals surface area contributed by atoms with Crippen LogP contribution in [0.4, 0.5) is 5.69 Å². The van der Waals surface area contributed by atoms with Gasteiger partial charge < -0.3 is 4.74 Å². The highest BCUT2D eigenvalue weighted by atomic mass is 16.5. The summed E-state index contributed by atoms with van der Waals surface area (Å²) in [7, 11) is 1.26. The number of methoxy groups -OCH3 is 1. The Kier molecular flexibility index (Phi) is 5.13. The van der Waals surface area contributed by atoms with Gasteiger partial charge in [0, 0.05) is 0 Å². The average Bonchev–Trinajstić information content (AvgIpc) is 2.96. The number of amides is 2. The number of rotatable bonds is 5. The summed E-state index contributed by atoms with van der Waals surface area (Å²) in [5.74, 6) is -1.30. The second kappa shape index (κ2) is 7.35. The molecule has 1 aliphatic rings. The smallest absolute Gasteiger partial charge is 0.338 e. The van der Waals surface area contributed by atoms with Gasteiger partial charge in [-0.25, -0.2) is 9.69 Å². The number of carbonyl (C=O) groups excluding carboxylic acids is 3. The maximum atomic E-state index is 13.3. The van der Waals surface area contributed by atoms with Crippen molar-refractivity contribution in [3.63, 3.8) is 0 Å². The van der Waals surface area contributed by atoms with E-state index in [0.717, 1.165) is 17.5 Å². The maximum absolute atomic E-state index is 13.3. The van der Waals surface area contributed by atoms with Crippen LogP contribution in [0.3, 0.4) is 0 Å². The summed E-state index contributed by atoms with van der Waals surface area (Å²) >= 11 is 0. The molecule has 0 saturated heterocycles. The molecule has 140 valence electrons. The largest absolute Gasteiger partial charge is 0.465 e. The van der Waals surface area contributed by atoms with Crippen molar-refractivity contribution in [3.05, 3.63) is 64.2 Å². The highest BCUT2D eigenvalue weighted by Gasteiger charge is 2.41. The molecule has 5 nitrogen and oxygen atoms in total. The molecule has 0 bridgehead atoms. The molecule has 0 radical (unpaired) electrons. The van der Waals surface area contributed by atoms with Gasteiger partial charge in [-0.1, -0.05) is 45.0 Å². The van der Waals surface area contributed by atoms with Gasteiger partial charge >= 0.3 is 5.97 Å². The van der Waals surface area contributed by atoms with E-state index in [1.807, 2.05) is 25.1 Å². The van der Waals surface area contributed by atoms with E-state index >= 15 is 0 Å². The molecule has 1 heterocycles. The second-order valence-corrected chi connectivity index (χ2v) is 6.68. The van der Waals surface area contributed by atoms with E-state index in [1.165, 1.54) is 18.1 Å². The molecule has 0 fully saturated rings. The molecule has 2 aromatic rings. The number of imide groups is 1. The zero-order valence-corrected chi connectivity index (χ0v) is 16.0. The van der Waals surface area contributed by atoms with E-state index in [-0.39, 0.29) is 22.6 Å². The normalized spacial score (nSPS) is 14.3. The molecule has 5 heteroatoms. The van der Waals surface area contributed by atoms with Crippen molar-refractivity contribution in [2.45, 2.75) is 39.5 Å². The molecule has 0 aromatic heterocycles. The van der Waals surface area contributed by atoms with E-state index in [1.54, 1.807) is 12.1 Å². The third-order valence-electron chi connectivity index (χ3n) is 5.22. The molecule has 0 aliphatic carbocycles. The number of anilines is 1. The first-order valence-corrected chi connectivity index (χ1v) is 9.18. The Balaban J connectivity index is 2.23. The van der Waals surface area contributed by atoms with E-state index < -0.39 is 17.8 Å². The van der Waals surface area contributed by atoms with Crippen molar-refractivity contribution >= 4 is 23.5 Å². The van der Waals surface area contributed by atoms with Crippen molar-refractivity contribution < 1.29 is 19.1 Å². The average molecular weight is 365 g/mol. The van der Waals surface area contributed by atoms with Gasteiger partial charge in [-0.3, -0.25) is 9.59 Å². The lowest BCUT2D eigenvalue weighted by atomic mass is 9.92. The number of aryl methyl sites for hydroxylation is 1. The number of nitrogens with zero attached hydrogens (tertiary/aromatic N) is 1. The minimum atomic E-state index is -0.624. The first-order valence-electron chi connectivity index (χ1n) is 9.18. The minimum Gasteiger partial charge on any atom is -0.465 e. The van der Waals surface area contributed by atoms with Crippen molar-refractivity contribution in [1.82, 2.24) is 0 Å². The highest BCUT2D eigenvalue weighted by Crippen LogP contribution is 2.38. The molecule has 1 aliphatic heterocycles. The van der Waals surface area contributed by atoms with Gasteiger partial charge in [0.05, 0.1) is 29.5 Å². The zero-order valence-electron chi connectivity index (χ0n) is 16.0. The topological polar surface area (TPSA) is 63.7 Å². The van der Waals surface area contributed by atoms with Gasteiger partial charge in [0.25, 0.3) is 11.8 Å². The van der Waals surface area contributed by atoms with Gasteiger partial charge in [-0.05, 0) is 42.0 Å². The number of fused-ring (bicyclic) bond motifs is 1. The first-order chi connectivity index (χ1) is 13.0. The Morgan fingerprint density at radius 3 is 2.41 bits per heavy atom. The summed E-state index contributed by atoms with van der Waals surface area (Å²) in [4.78, 5) is 39.8. The molecule has 27 heavy (non-hydrogen) atoms. The monoisotopic (exact) mass is 365 g/mol. The number of para-hydroxylation sites is 1. The van der Waals surface area contributed by atoms with Gasteiger partial charge in [-0.2, -0.15) is 0 Å². The van der Waals surface area contributed by atoms with Crippen molar-refractivity contribution in [2.75, 3.05) is 12.0 Å². The number of ether oxygens (including phenoxy) is 1. The summed E-state index contributed by atoms with van der Waals surface area (Å²) in [6.45, 7) is 6.15. The molecule has 1 atom stereocenters. The molecule has 1 unspecified atom stereocenters. The molecule has 2 aromatic carbocycles. The lowest BCUT2D eigenvalue weighted by molar-refractivity contribution is 0.0597. The van der Waals surface area contributed by atoms with Crippen LogP contribution >= 0.6 is 0 Å². The van der Waals surface area contributed by atoms with Crippen molar-refractivity contribution in [1.29, 1.82) is 0 Å². The number of esters is 1. The van der Waals surface area contributed by atoms with Crippen molar-refractivity contribution in [3.8, 4) is 0 Å². The van der Waals surface area contributed by atoms with Crippen LogP contribution in [-0.2, 0) is 11.2 Å². The predicted octanol–water partition coefficient (Wildman–Crippen LogP) is 4.35. The molecule has 0 spiro atoms. The molecule has 0 saturated carbocycles. The summed E-state index contributed by atoms with van der Waals surface area (Å²) in [6, 6.07) is 10.6. The van der Waals surface area contributed by atoms with Crippen LogP contribution in [-0.4, -0.2) is 24.9 Å². The third-order valence-corrected chi connectivity index (χ3v) is 5.22. The highest BCUT2D eigenvalue weighted by molar-refractivity contribution is 6.36. The van der Waals surface area contributed by atoms with Gasteiger partial charge in [0.1, 0.15) is 0 Å². The van der Waals surface area contributed by atoms with E-state index in [9.17, 15) is 14.4 Å². The maximum Gasteiger partial charge on any atom is 0.338 e. The molecule has 3 rings (SSSR count). The SMILES string of the molecule is CCc1cccc(C(C)CC)c1N1C(=O)c2cccc(C(=O)OC)c2C1=O. The third kappa shape index (κ3) is 2.93. The van der Waals surface area contributed by atoms with E-state index in [0.29, 0.717) is 12.1 Å². The van der Waals surface area contributed by atoms with Crippen LogP contribution in [0.1, 0.15) is 75.3 Å². The Hall–Kier alpha value is -2.95. The summed E-state index contributed by atoms with van der Waals surface area (Å²) in [5, 5.41) is 0. The van der Waals surface area contributed by atoms with Crippen LogP contribution in [0, 0.1) is 0 Å². The van der Waals surface area contributed by atoms with Crippen LogP contribution in [0.5, 0.6) is 0 Å². The lowest BCUT2D eigenvalue weighted by Gasteiger charge is -2.24. The molecular formula is C22H23NO4. The van der Waals surface area contributed by atoms with Gasteiger partial charge in [0.2, 0.25) is 0 Å². The van der Waals surface area contributed by atoms with Gasteiger partial charge in [-0.15, -0.1) is 0 Å². The number of benzene rings is 2. The predicted molar refractivity (Wildman–Crippen MR) is 103 cm³/mol. The Morgan fingerprint density at radius 2 is 1.78 bits per heavy atom. The molecule has 0 N–H and O–H groups in total. The van der Waals surface area contributed by atoms with Crippen molar-refractivity contribution in [2.24, 2.45) is 0 Å². The number of carbonyl (C=O) groups is 3. The van der Waals surface area contributed by atoms with E-state index in [4.69, 9.17) is 4.74 Å². The standard InChI is InChI=1S/C22H23NO4/c1-5-13(3)15-10-7-9-14(6-2)19(15)23-20(24)16-11-8-12-17(22(26)27-4)18(16)21(23)25/h7-13H,5-6H2,1-4H3. The first kappa shape index (κ1) is 18.8. The summed E-state index contributed by atoms with van der Waals surface area (Å²) in [5.41, 5.74) is 3.03. The van der Waals surface area contributed by atoms with Crippen LogP contribution < -0.4 is 4.90 Å². The molecular weight excluding hydrogens is 342 g/mol. The lowest BCUT2D eigenvalue weighted by Crippen LogP contribution is -2.32. The Morgan fingerprint density at radius 1 is 1.07 bits per heavy atom. The Bertz CT molecular complexity index is 932. The quantitative estimate of drug-likeness (QED) is 0.584. The summed E-state index contributed by atoms with van der Waals surface area (Å²) in [6.07, 6.45) is 1.58. The van der Waals surface area contributed by atoms with Crippen LogP contribution in [0.25, 0.3) is 0 Å². The number of hydrogen-bond donors (Lipinski definition) is 0. The zero-order chi connectivity index (χ0) is 19.7. The van der Waals surface area contributed by atoms with Crippen LogP contribution in [0.2, 0.25) is 0 Å². The van der Waals surface area contributed by atoms with Crippen LogP contribution in [0.15, 0.2) is 36.4 Å². The fourth-order valence-electron chi connectivity index (χ4n) is 3.56. The fourth-order valence-corrected chi connectivity index (χ4v) is 3.56. The number of hydrogen-bond acceptors (Lipinski definition) is 4. The Labute approximate surface area is 158 Å². The fraction of sp³-hybridized carbons (Fsp3) is 0.318. The van der Waals surface area contributed by atoms with Gasteiger partial charge in [0.15, 0.2) is 0 Å². The minimum absolute atomic E-state index is 0.120. The van der Waals surface area contributed by atoms with E-state index in [2.05, 4.69) is 13.8 Å². The summed E-state index contributed by atoms with van der Waals surface area (Å²) < 4.78 is 4.79. The second-order valence-electron chi connectivity index (χ2n) is 6.68.